The minimum absolute atomic E-state index is 0.0135. The van der Waals surface area contributed by atoms with Crippen LogP contribution in [-0.4, -0.2) is 75.7 Å². The summed E-state index contributed by atoms with van der Waals surface area (Å²) in [6.45, 7) is 3.34. The summed E-state index contributed by atoms with van der Waals surface area (Å²) in [5.74, 6) is 2.24. The summed E-state index contributed by atoms with van der Waals surface area (Å²) in [6.07, 6.45) is 5.29. The molecule has 5 aromatic carbocycles. The number of aromatic hydroxyl groups is 1. The van der Waals surface area contributed by atoms with E-state index in [-0.39, 0.29) is 53.1 Å². The molecule has 14 nitrogen and oxygen atoms in total. The number of amides is 2. The van der Waals surface area contributed by atoms with Gasteiger partial charge in [0, 0.05) is 48.7 Å². The van der Waals surface area contributed by atoms with Gasteiger partial charge >= 0.3 is 0 Å². The van der Waals surface area contributed by atoms with Crippen LogP contribution in [0.5, 0.6) is 23.0 Å². The molecule has 0 radical (unpaired) electrons. The van der Waals surface area contributed by atoms with Crippen molar-refractivity contribution in [3.05, 3.63) is 224 Å². The van der Waals surface area contributed by atoms with Gasteiger partial charge in [0.1, 0.15) is 43.5 Å². The van der Waals surface area contributed by atoms with Gasteiger partial charge in [-0.25, -0.2) is 0 Å². The van der Waals surface area contributed by atoms with Crippen LogP contribution in [-0.2, 0) is 6.61 Å². The fourth-order valence-corrected chi connectivity index (χ4v) is 10.7. The molecular formula is C57H52N6O8. The summed E-state index contributed by atoms with van der Waals surface area (Å²) in [7, 11) is 0. The number of benzene rings is 5. The van der Waals surface area contributed by atoms with Crippen LogP contribution in [0.3, 0.4) is 0 Å². The van der Waals surface area contributed by atoms with Gasteiger partial charge in [-0.3, -0.25) is 38.5 Å². The number of para-hydroxylation sites is 2. The Morgan fingerprint density at radius 2 is 0.958 bits per heavy atom. The molecular weight excluding hydrogens is 897 g/mol. The standard InChI is InChI=1S/C32H29N3O4.C25H23N3O4/c36-27-15-16-34-30(31(27)39-19-22-9-3-1-4-10-22)32(37)33-18-24-17-25(24)20-38-28-14-8-7-13-26(28)29(35(34)21-33)23-11-5-2-6-12-23;29-20-10-11-27-23(24(20)30)25(31)26-13-17-12-18(17)14-32-21-9-5-4-8-19(21)22(28(27)15-26)16-6-2-1-3-7-16/h1-16,24-25,29H,17-21H2;1-11,17-18,22,30H,12-15H2/t24-,25-,29-;17-,18-,22-/m11/s1. The monoisotopic (exact) mass is 948 g/mol. The van der Waals surface area contributed by atoms with Gasteiger partial charge < -0.3 is 29.1 Å². The zero-order valence-electron chi connectivity index (χ0n) is 38.9. The molecule has 2 aromatic heterocycles. The number of pyridine rings is 2. The number of nitrogens with zero attached hydrogens (tertiary/aromatic N) is 6. The van der Waals surface area contributed by atoms with Crippen molar-refractivity contribution in [3.8, 4) is 23.0 Å². The van der Waals surface area contributed by atoms with Gasteiger partial charge in [-0.1, -0.05) is 127 Å². The van der Waals surface area contributed by atoms with Crippen molar-refractivity contribution in [2.24, 2.45) is 23.7 Å². The fourth-order valence-electron chi connectivity index (χ4n) is 10.7. The van der Waals surface area contributed by atoms with Crippen LogP contribution in [0.25, 0.3) is 0 Å². The Balaban J connectivity index is 0.000000149. The first-order valence-corrected chi connectivity index (χ1v) is 24.3. The number of ether oxygens (including phenoxy) is 3. The molecule has 13 rings (SSSR count). The zero-order chi connectivity index (χ0) is 48.2. The molecule has 358 valence electrons. The number of aromatic nitrogens is 2. The molecule has 6 heterocycles. The second kappa shape index (κ2) is 18.2. The number of carbonyl (C=O) groups is 2. The van der Waals surface area contributed by atoms with Gasteiger partial charge in [-0.15, -0.1) is 0 Å². The molecule has 14 heteroatoms. The molecule has 71 heavy (non-hydrogen) atoms. The first-order chi connectivity index (χ1) is 34.8. The Labute approximate surface area is 410 Å². The summed E-state index contributed by atoms with van der Waals surface area (Å²) < 4.78 is 22.3. The summed E-state index contributed by atoms with van der Waals surface area (Å²) in [4.78, 5) is 56.4. The molecule has 2 aliphatic carbocycles. The van der Waals surface area contributed by atoms with Crippen molar-refractivity contribution in [1.29, 1.82) is 0 Å². The summed E-state index contributed by atoms with van der Waals surface area (Å²) in [6, 6.07) is 48.2. The van der Waals surface area contributed by atoms with Crippen LogP contribution in [0.15, 0.2) is 174 Å². The molecule has 2 amide bonds. The van der Waals surface area contributed by atoms with Crippen molar-refractivity contribution in [1.82, 2.24) is 19.2 Å². The van der Waals surface area contributed by atoms with Gasteiger partial charge in [0.15, 0.2) is 22.9 Å². The maximum Gasteiger partial charge on any atom is 0.277 e. The zero-order valence-corrected chi connectivity index (χ0v) is 38.9. The average Bonchev–Trinajstić information content (AvgIpc) is 4.34. The summed E-state index contributed by atoms with van der Waals surface area (Å²) in [5.41, 5.74) is 4.40. The summed E-state index contributed by atoms with van der Waals surface area (Å²) >= 11 is 0. The lowest BCUT2D eigenvalue weighted by atomic mass is 9.97. The van der Waals surface area contributed by atoms with Crippen molar-refractivity contribution in [3.63, 3.8) is 0 Å². The molecule has 7 aromatic rings. The Hall–Kier alpha value is -8.26. The van der Waals surface area contributed by atoms with E-state index in [0.29, 0.717) is 63.3 Å². The first-order valence-electron chi connectivity index (χ1n) is 24.3. The topological polar surface area (TPSA) is 139 Å². The third kappa shape index (κ3) is 8.32. The number of carbonyl (C=O) groups excluding carboxylic acids is 2. The third-order valence-corrected chi connectivity index (χ3v) is 14.7. The van der Waals surface area contributed by atoms with E-state index >= 15 is 0 Å². The van der Waals surface area contributed by atoms with Crippen molar-refractivity contribution >= 4 is 11.8 Å². The molecule has 1 N–H and O–H groups in total. The van der Waals surface area contributed by atoms with E-state index in [4.69, 9.17) is 14.2 Å². The third-order valence-electron chi connectivity index (χ3n) is 14.7. The molecule has 0 unspecified atom stereocenters. The van der Waals surface area contributed by atoms with Gasteiger partial charge in [0.05, 0.1) is 13.2 Å². The molecule has 2 fully saturated rings. The number of hydrogen-bond acceptors (Lipinski definition) is 10. The Kier molecular flexibility index (Phi) is 11.3. The van der Waals surface area contributed by atoms with Crippen LogP contribution in [0, 0.1) is 23.7 Å². The fraction of sp³-hybridized carbons (Fsp3) is 0.263. The van der Waals surface area contributed by atoms with Crippen molar-refractivity contribution in [2.45, 2.75) is 31.5 Å². The molecule has 4 aliphatic heterocycles. The highest BCUT2D eigenvalue weighted by atomic mass is 16.5. The van der Waals surface area contributed by atoms with E-state index in [1.54, 1.807) is 22.0 Å². The number of rotatable bonds is 5. The second-order valence-corrected chi connectivity index (χ2v) is 19.3. The normalized spacial score (nSPS) is 22.6. The Morgan fingerprint density at radius 1 is 0.507 bits per heavy atom. The predicted octanol–water partition coefficient (Wildman–Crippen LogP) is 7.32. The lowest BCUT2D eigenvalue weighted by Crippen LogP contribution is -2.56. The second-order valence-electron chi connectivity index (χ2n) is 19.3. The van der Waals surface area contributed by atoms with E-state index in [1.165, 1.54) is 12.1 Å². The number of hydrogen-bond donors (Lipinski definition) is 1. The highest BCUT2D eigenvalue weighted by Gasteiger charge is 2.46. The van der Waals surface area contributed by atoms with Crippen LogP contribution in [0.2, 0.25) is 0 Å². The predicted molar refractivity (Wildman–Crippen MR) is 266 cm³/mol. The summed E-state index contributed by atoms with van der Waals surface area (Å²) in [5, 5.41) is 14.8. The van der Waals surface area contributed by atoms with Crippen molar-refractivity contribution in [2.75, 3.05) is 49.7 Å². The van der Waals surface area contributed by atoms with E-state index in [9.17, 15) is 24.3 Å². The number of fused-ring (bicyclic) bond motifs is 12. The van der Waals surface area contributed by atoms with E-state index in [1.807, 2.05) is 136 Å². The largest absolute Gasteiger partial charge is 0.502 e. The lowest BCUT2D eigenvalue weighted by Gasteiger charge is -2.44. The quantitative estimate of drug-likeness (QED) is 0.187. The maximum atomic E-state index is 14.0. The van der Waals surface area contributed by atoms with E-state index < -0.39 is 11.2 Å². The van der Waals surface area contributed by atoms with Gasteiger partial charge in [-0.05, 0) is 65.3 Å². The Bertz CT molecular complexity index is 3260. The highest BCUT2D eigenvalue weighted by Crippen LogP contribution is 2.45. The minimum atomic E-state index is -0.556. The smallest absolute Gasteiger partial charge is 0.277 e. The molecule has 6 aliphatic rings. The first kappa shape index (κ1) is 44.0. The molecule has 0 spiro atoms. The van der Waals surface area contributed by atoms with Crippen LogP contribution in [0.1, 0.15) is 73.7 Å². The Morgan fingerprint density at radius 3 is 1.49 bits per heavy atom. The lowest BCUT2D eigenvalue weighted by molar-refractivity contribution is 0.0659. The van der Waals surface area contributed by atoms with Crippen LogP contribution in [0.4, 0.5) is 0 Å². The molecule has 4 bridgehead atoms. The van der Waals surface area contributed by atoms with Crippen LogP contribution >= 0.6 is 0 Å². The minimum Gasteiger partial charge on any atom is -0.502 e. The van der Waals surface area contributed by atoms with Gasteiger partial charge in [-0.2, -0.15) is 0 Å². The maximum absolute atomic E-state index is 14.0. The highest BCUT2D eigenvalue weighted by molar-refractivity contribution is 5.97. The van der Waals surface area contributed by atoms with Crippen LogP contribution < -0.4 is 35.1 Å². The molecule has 2 saturated carbocycles. The molecule has 6 atom stereocenters. The van der Waals surface area contributed by atoms with Gasteiger partial charge in [0.2, 0.25) is 10.9 Å². The van der Waals surface area contributed by atoms with E-state index in [2.05, 4.69) is 23.2 Å². The van der Waals surface area contributed by atoms with E-state index in [0.717, 1.165) is 52.2 Å². The average molecular weight is 949 g/mol. The SMILES string of the molecule is O=C1c2c(O)c(=O)ccn2N2CN1C[C@H]1C[C@@H]1COc1ccccc1[C@H]2c1ccccc1.O=C1c2c(OCc3ccccc3)c(=O)ccn2N2CN1C[C@H]1C[C@@H]1COc1ccccc1[C@H]2c1ccccc1. The van der Waals surface area contributed by atoms with Gasteiger partial charge in [0.25, 0.3) is 11.8 Å². The molecule has 0 saturated heterocycles. The van der Waals surface area contributed by atoms with Crippen molar-refractivity contribution < 1.29 is 28.9 Å².